The topological polar surface area (TPSA) is 38.7 Å². The van der Waals surface area contributed by atoms with E-state index in [0.717, 1.165) is 22.3 Å². The van der Waals surface area contributed by atoms with Crippen LogP contribution in [0.2, 0.25) is 5.02 Å². The summed E-state index contributed by atoms with van der Waals surface area (Å²) in [6, 6.07) is 9.67. The van der Waals surface area contributed by atoms with E-state index in [2.05, 4.69) is 14.6 Å². The van der Waals surface area contributed by atoms with Gasteiger partial charge in [0.2, 0.25) is 0 Å². The summed E-state index contributed by atoms with van der Waals surface area (Å²) in [6.07, 6.45) is 3.80. The average Bonchev–Trinajstić information content (AvgIpc) is 2.89. The Bertz CT molecular complexity index is 707. The number of halogens is 1. The number of benzene rings is 1. The monoisotopic (exact) mass is 273 g/mol. The highest BCUT2D eigenvalue weighted by Crippen LogP contribution is 2.18. The number of nitrogens with zero attached hydrogens (tertiary/aromatic N) is 3. The fourth-order valence-corrected chi connectivity index (χ4v) is 2.20. The first-order valence-corrected chi connectivity index (χ1v) is 6.54. The molecule has 1 aromatic carbocycles. The number of hydrogen-bond donors (Lipinski definition) is 0. The van der Waals surface area contributed by atoms with Crippen molar-refractivity contribution in [2.75, 3.05) is 0 Å². The summed E-state index contributed by atoms with van der Waals surface area (Å²) in [4.78, 5) is 4.52. The van der Waals surface area contributed by atoms with Gasteiger partial charge in [0.15, 0.2) is 0 Å². The van der Waals surface area contributed by atoms with E-state index in [1.165, 1.54) is 11.5 Å². The van der Waals surface area contributed by atoms with Gasteiger partial charge in [-0.2, -0.15) is 0 Å². The summed E-state index contributed by atoms with van der Waals surface area (Å²) < 4.78 is 3.80. The molecule has 18 heavy (non-hydrogen) atoms. The molecule has 3 rings (SSSR count). The summed E-state index contributed by atoms with van der Waals surface area (Å²) in [6.45, 7) is 0. The van der Waals surface area contributed by atoms with Crippen LogP contribution in [0.5, 0.6) is 0 Å². The highest BCUT2D eigenvalue weighted by molar-refractivity contribution is 7.03. The molecule has 0 unspecified atom stereocenters. The molecular weight excluding hydrogens is 266 g/mol. The van der Waals surface area contributed by atoms with E-state index in [0.29, 0.717) is 5.02 Å². The molecule has 0 saturated carbocycles. The number of rotatable bonds is 2. The summed E-state index contributed by atoms with van der Waals surface area (Å²) in [5.41, 5.74) is 2.60. The highest BCUT2D eigenvalue weighted by Gasteiger charge is 1.97. The Morgan fingerprint density at radius 3 is 2.72 bits per heavy atom. The van der Waals surface area contributed by atoms with Crippen molar-refractivity contribution in [3.63, 3.8) is 0 Å². The number of pyridine rings is 1. The standard InChI is InChI=1S/C13H8ClN3S/c14-10-3-1-9-2-4-11(15-13(9)7-10)5-6-12-8-18-17-16-12/h1-8H/b6-5+. The van der Waals surface area contributed by atoms with Crippen LogP contribution in [0.25, 0.3) is 23.1 Å². The van der Waals surface area contributed by atoms with Gasteiger partial charge in [0.05, 0.1) is 16.9 Å². The number of hydrogen-bond acceptors (Lipinski definition) is 4. The fraction of sp³-hybridized carbons (Fsp3) is 0. The smallest absolute Gasteiger partial charge is 0.0982 e. The van der Waals surface area contributed by atoms with Crippen LogP contribution >= 0.6 is 23.1 Å². The van der Waals surface area contributed by atoms with Crippen molar-refractivity contribution in [2.24, 2.45) is 0 Å². The van der Waals surface area contributed by atoms with Gasteiger partial charge < -0.3 is 0 Å². The molecule has 0 saturated heterocycles. The summed E-state index contributed by atoms with van der Waals surface area (Å²) in [7, 11) is 0. The molecule has 0 spiro atoms. The van der Waals surface area contributed by atoms with Crippen LogP contribution in [0.1, 0.15) is 11.4 Å². The van der Waals surface area contributed by atoms with Gasteiger partial charge in [-0.3, -0.25) is 0 Å². The zero-order valence-corrected chi connectivity index (χ0v) is 10.8. The molecule has 88 valence electrons. The maximum Gasteiger partial charge on any atom is 0.0982 e. The van der Waals surface area contributed by atoms with Crippen LogP contribution in [0, 0.1) is 0 Å². The molecule has 0 fully saturated rings. The van der Waals surface area contributed by atoms with Crippen molar-refractivity contribution in [3.05, 3.63) is 52.1 Å². The van der Waals surface area contributed by atoms with Gasteiger partial charge in [-0.15, -0.1) is 5.10 Å². The average molecular weight is 274 g/mol. The molecule has 0 aliphatic rings. The van der Waals surface area contributed by atoms with Gasteiger partial charge in [-0.05, 0) is 41.9 Å². The quantitative estimate of drug-likeness (QED) is 0.710. The van der Waals surface area contributed by atoms with E-state index in [1.807, 2.05) is 47.9 Å². The first-order valence-electron chi connectivity index (χ1n) is 5.33. The number of fused-ring (bicyclic) bond motifs is 1. The Hall–Kier alpha value is -1.78. The van der Waals surface area contributed by atoms with Crippen LogP contribution in [0.3, 0.4) is 0 Å². The van der Waals surface area contributed by atoms with Gasteiger partial charge in [-0.25, -0.2) is 4.98 Å². The van der Waals surface area contributed by atoms with Crippen molar-refractivity contribution >= 4 is 46.2 Å². The highest BCUT2D eigenvalue weighted by atomic mass is 35.5. The molecule has 2 aromatic heterocycles. The second-order valence-electron chi connectivity index (χ2n) is 3.74. The zero-order chi connectivity index (χ0) is 12.4. The Balaban J connectivity index is 1.98. The lowest BCUT2D eigenvalue weighted by molar-refractivity contribution is 1.14. The third-order valence-corrected chi connectivity index (χ3v) is 3.24. The van der Waals surface area contributed by atoms with Crippen LogP contribution in [0.4, 0.5) is 0 Å². The van der Waals surface area contributed by atoms with Crippen LogP contribution in [-0.2, 0) is 0 Å². The first-order chi connectivity index (χ1) is 8.81. The molecule has 0 amide bonds. The molecule has 3 nitrogen and oxygen atoms in total. The van der Waals surface area contributed by atoms with Crippen molar-refractivity contribution in [1.82, 2.24) is 14.6 Å². The molecule has 2 heterocycles. The normalized spacial score (nSPS) is 11.4. The zero-order valence-electron chi connectivity index (χ0n) is 9.25. The minimum Gasteiger partial charge on any atom is -0.248 e. The third-order valence-electron chi connectivity index (χ3n) is 2.48. The summed E-state index contributed by atoms with van der Waals surface area (Å²) >= 11 is 7.28. The van der Waals surface area contributed by atoms with Crippen molar-refractivity contribution in [3.8, 4) is 0 Å². The first kappa shape index (κ1) is 11.3. The molecule has 0 atom stereocenters. The lowest BCUT2D eigenvalue weighted by Crippen LogP contribution is -1.83. The maximum atomic E-state index is 5.95. The van der Waals surface area contributed by atoms with Crippen molar-refractivity contribution in [2.45, 2.75) is 0 Å². The lowest BCUT2D eigenvalue weighted by atomic mass is 10.2. The Labute approximate surface area is 113 Å². The Morgan fingerprint density at radius 2 is 1.89 bits per heavy atom. The van der Waals surface area contributed by atoms with Gasteiger partial charge >= 0.3 is 0 Å². The van der Waals surface area contributed by atoms with E-state index in [9.17, 15) is 0 Å². The molecule has 0 aliphatic heterocycles. The molecule has 0 bridgehead atoms. The predicted molar refractivity (Wildman–Crippen MR) is 75.6 cm³/mol. The molecule has 5 heteroatoms. The minimum absolute atomic E-state index is 0.694. The van der Waals surface area contributed by atoms with E-state index >= 15 is 0 Å². The molecule has 0 radical (unpaired) electrons. The molecule has 3 aromatic rings. The maximum absolute atomic E-state index is 5.95. The van der Waals surface area contributed by atoms with Crippen molar-refractivity contribution < 1.29 is 0 Å². The molecule has 0 N–H and O–H groups in total. The van der Waals surface area contributed by atoms with E-state index < -0.39 is 0 Å². The SMILES string of the molecule is Clc1ccc2ccc(/C=C/c3csnn3)nc2c1. The van der Waals surface area contributed by atoms with E-state index in [1.54, 1.807) is 0 Å². The Morgan fingerprint density at radius 1 is 1.06 bits per heavy atom. The van der Waals surface area contributed by atoms with Gasteiger partial charge in [-0.1, -0.05) is 28.2 Å². The minimum atomic E-state index is 0.694. The van der Waals surface area contributed by atoms with Crippen molar-refractivity contribution in [1.29, 1.82) is 0 Å². The second kappa shape index (κ2) is 4.84. The van der Waals surface area contributed by atoms with E-state index in [-0.39, 0.29) is 0 Å². The predicted octanol–water partition coefficient (Wildman–Crippen LogP) is 3.91. The van der Waals surface area contributed by atoms with Gasteiger partial charge in [0.1, 0.15) is 0 Å². The molecule has 0 aliphatic carbocycles. The Kier molecular flexibility index (Phi) is 3.04. The summed E-state index contributed by atoms with van der Waals surface area (Å²) in [5.74, 6) is 0. The summed E-state index contributed by atoms with van der Waals surface area (Å²) in [5, 5.41) is 7.59. The van der Waals surface area contributed by atoms with Crippen LogP contribution in [0.15, 0.2) is 35.7 Å². The second-order valence-corrected chi connectivity index (χ2v) is 4.78. The van der Waals surface area contributed by atoms with Crippen LogP contribution in [-0.4, -0.2) is 14.6 Å². The largest absolute Gasteiger partial charge is 0.248 e. The van der Waals surface area contributed by atoms with Gasteiger partial charge in [0.25, 0.3) is 0 Å². The third kappa shape index (κ3) is 2.39. The fourth-order valence-electron chi connectivity index (χ4n) is 1.61. The van der Waals surface area contributed by atoms with Gasteiger partial charge in [0, 0.05) is 15.8 Å². The van der Waals surface area contributed by atoms with E-state index in [4.69, 9.17) is 11.6 Å². The van der Waals surface area contributed by atoms with Crippen LogP contribution < -0.4 is 0 Å². The number of aromatic nitrogens is 3. The molecular formula is C13H8ClN3S. The lowest BCUT2D eigenvalue weighted by Gasteiger charge is -1.99.